The number of para-hydroxylation sites is 2. The first-order valence-corrected chi connectivity index (χ1v) is 26.5. The van der Waals surface area contributed by atoms with Gasteiger partial charge in [-0.2, -0.15) is 0 Å². The van der Waals surface area contributed by atoms with Crippen molar-refractivity contribution in [1.29, 1.82) is 0 Å². The lowest BCUT2D eigenvalue weighted by atomic mass is 10.2. The summed E-state index contributed by atoms with van der Waals surface area (Å²) in [4.78, 5) is 0. The van der Waals surface area contributed by atoms with E-state index in [-0.39, 0.29) is 0 Å². The van der Waals surface area contributed by atoms with E-state index in [1.54, 1.807) is 42.7 Å². The molecule has 82 heavy (non-hydrogen) atoms. The largest absolute Gasteiger partial charge is 0.522 e. The fourth-order valence-corrected chi connectivity index (χ4v) is 4.32. The van der Waals surface area contributed by atoms with E-state index in [4.69, 9.17) is 9.47 Å². The average molecular weight is 1150 g/mol. The molecular formula is C70H100F6O6. The maximum absolute atomic E-state index is 10.6. The predicted molar refractivity (Wildman–Crippen MR) is 339 cm³/mol. The van der Waals surface area contributed by atoms with E-state index in [9.17, 15) is 26.3 Å². The van der Waals surface area contributed by atoms with Crippen LogP contribution in [0.1, 0.15) is 74.9 Å². The first-order valence-electron chi connectivity index (χ1n) is 26.5. The average Bonchev–Trinajstić information content (AvgIpc) is 3.50. The van der Waals surface area contributed by atoms with Crippen LogP contribution in [0.25, 0.3) is 0 Å². The van der Waals surface area contributed by atoms with Crippen molar-refractivity contribution in [2.45, 2.75) is 95.8 Å². The Bertz CT molecular complexity index is 1950. The lowest BCUT2D eigenvalue weighted by molar-refractivity contribution is -0.312. The van der Waals surface area contributed by atoms with E-state index in [0.29, 0.717) is 14.2 Å². The molecule has 0 spiro atoms. The van der Waals surface area contributed by atoms with Gasteiger partial charge in [0.05, 0.1) is 14.2 Å². The van der Waals surface area contributed by atoms with Gasteiger partial charge in [0.2, 0.25) is 0 Å². The van der Waals surface area contributed by atoms with Crippen LogP contribution < -0.4 is 9.47 Å². The van der Waals surface area contributed by atoms with E-state index in [2.05, 4.69) is 133 Å². The highest BCUT2D eigenvalue weighted by atomic mass is 19.4. The van der Waals surface area contributed by atoms with Gasteiger partial charge in [-0.3, -0.25) is 9.47 Å². The standard InChI is InChI=1S/2C7H8O.6C7H8.2C2H3F3O.2C2H6O.3C2H6/c2*1-8-7-5-3-2-4-6-7;6*1-7-5-3-2-4-6-7;2*1-6-2(3,4)5;2*1-3-2;3*1-2/h2*2-6H,1H3;6*2-6H,1H3;2*1H3;2*1-2H3;3*1-2H3. The van der Waals surface area contributed by atoms with Crippen molar-refractivity contribution in [2.24, 2.45) is 0 Å². The molecule has 0 atom stereocenters. The number of benzene rings is 8. The smallest absolute Gasteiger partial charge is 0.497 e. The summed E-state index contributed by atoms with van der Waals surface area (Å²) in [6, 6.07) is 80.9. The van der Waals surface area contributed by atoms with Crippen LogP contribution in [0.3, 0.4) is 0 Å². The van der Waals surface area contributed by atoms with Gasteiger partial charge in [-0.15, -0.1) is 26.3 Å². The predicted octanol–water partition coefficient (Wildman–Crippen LogP) is 21.3. The lowest BCUT2D eigenvalue weighted by Crippen LogP contribution is -2.08. The fourth-order valence-electron chi connectivity index (χ4n) is 4.32. The quantitative estimate of drug-likeness (QED) is 0.161. The van der Waals surface area contributed by atoms with Gasteiger partial charge in [-0.05, 0) is 65.8 Å². The Balaban J connectivity index is -0.000000149. The van der Waals surface area contributed by atoms with Crippen molar-refractivity contribution in [3.8, 4) is 11.5 Å². The number of alkyl halides is 6. The molecule has 6 nitrogen and oxygen atoms in total. The molecule has 0 saturated carbocycles. The summed E-state index contributed by atoms with van der Waals surface area (Å²) in [7, 11) is 11.0. The van der Waals surface area contributed by atoms with E-state index in [0.717, 1.165) is 11.5 Å². The third kappa shape index (κ3) is 84.1. The third-order valence-corrected chi connectivity index (χ3v) is 8.06. The zero-order valence-electron chi connectivity index (χ0n) is 52.8. The highest BCUT2D eigenvalue weighted by Crippen LogP contribution is 2.14. The highest BCUT2D eigenvalue weighted by molar-refractivity contribution is 5.21. The molecule has 8 rings (SSSR count). The Morgan fingerprint density at radius 1 is 0.220 bits per heavy atom. The number of hydrogen-bond acceptors (Lipinski definition) is 6. The van der Waals surface area contributed by atoms with Crippen molar-refractivity contribution in [3.63, 3.8) is 0 Å². The van der Waals surface area contributed by atoms with Crippen LogP contribution in [0.15, 0.2) is 243 Å². The van der Waals surface area contributed by atoms with Crippen LogP contribution in [-0.4, -0.2) is 69.6 Å². The summed E-state index contributed by atoms with van der Waals surface area (Å²) in [5.41, 5.74) is 7.93. The van der Waals surface area contributed by atoms with Crippen molar-refractivity contribution in [3.05, 3.63) is 276 Å². The molecule has 0 aliphatic rings. The van der Waals surface area contributed by atoms with E-state index in [1.165, 1.54) is 33.4 Å². The van der Waals surface area contributed by atoms with Crippen LogP contribution in [-0.2, 0) is 18.9 Å². The summed E-state index contributed by atoms with van der Waals surface area (Å²) >= 11 is 0. The molecule has 0 amide bonds. The molecule has 0 aliphatic carbocycles. The van der Waals surface area contributed by atoms with E-state index in [1.807, 2.05) is 211 Å². The Morgan fingerprint density at radius 2 is 0.317 bits per heavy atom. The monoisotopic (exact) mass is 1150 g/mol. The fraction of sp³-hybridized carbons (Fsp3) is 0.314. The first-order chi connectivity index (χ1) is 39.2. The summed E-state index contributed by atoms with van der Waals surface area (Å²) in [5, 5.41) is 0. The molecule has 0 fully saturated rings. The van der Waals surface area contributed by atoms with Crippen LogP contribution in [0.4, 0.5) is 26.3 Å². The van der Waals surface area contributed by atoms with Crippen molar-refractivity contribution < 1.29 is 54.8 Å². The number of hydrogen-bond donors (Lipinski definition) is 0. The second kappa shape index (κ2) is 69.9. The summed E-state index contributed by atoms with van der Waals surface area (Å²) < 4.78 is 87.6. The minimum Gasteiger partial charge on any atom is -0.497 e. The van der Waals surface area contributed by atoms with Gasteiger partial charge in [0, 0.05) is 42.7 Å². The van der Waals surface area contributed by atoms with Gasteiger partial charge in [-0.25, -0.2) is 0 Å². The molecule has 0 aromatic heterocycles. The van der Waals surface area contributed by atoms with E-state index < -0.39 is 12.7 Å². The van der Waals surface area contributed by atoms with Crippen molar-refractivity contribution >= 4 is 0 Å². The number of methoxy groups -OCH3 is 6. The second-order valence-electron chi connectivity index (χ2n) is 15.1. The lowest BCUT2D eigenvalue weighted by Gasteiger charge is -1.97. The molecule has 0 saturated heterocycles. The highest BCUT2D eigenvalue weighted by Gasteiger charge is 2.26. The molecule has 0 N–H and O–H groups in total. The minimum absolute atomic E-state index is 0.583. The van der Waals surface area contributed by atoms with Crippen molar-refractivity contribution in [2.75, 3.05) is 56.9 Å². The first kappa shape index (κ1) is 88.6. The molecule has 0 radical (unpaired) electrons. The number of aryl methyl sites for hydroxylation is 6. The molecule has 8 aromatic rings. The maximum atomic E-state index is 10.6. The van der Waals surface area contributed by atoms with Gasteiger partial charge in [0.15, 0.2) is 0 Å². The van der Waals surface area contributed by atoms with Gasteiger partial charge in [0.25, 0.3) is 0 Å². The summed E-state index contributed by atoms with van der Waals surface area (Å²) in [6.07, 6.45) is -8.92. The molecule has 0 bridgehead atoms. The molecule has 0 unspecified atom stereocenters. The van der Waals surface area contributed by atoms with Crippen LogP contribution in [0, 0.1) is 41.5 Å². The van der Waals surface area contributed by atoms with Gasteiger partial charge >= 0.3 is 12.7 Å². The molecule has 8 aromatic carbocycles. The number of halogens is 6. The Kier molecular flexibility index (Phi) is 75.5. The number of rotatable bonds is 2. The van der Waals surface area contributed by atoms with E-state index >= 15 is 0 Å². The minimum atomic E-state index is -4.46. The van der Waals surface area contributed by atoms with Crippen LogP contribution in [0.2, 0.25) is 0 Å². The molecule has 0 aliphatic heterocycles. The SMILES string of the molecule is CC.CC.CC.COC.COC.COC(F)(F)F.COC(F)(F)F.COc1ccccc1.COc1ccccc1.Cc1ccccc1.Cc1ccccc1.Cc1ccccc1.Cc1ccccc1.Cc1ccccc1.Cc1ccccc1. The Hall–Kier alpha value is -7.22. The Morgan fingerprint density at radius 3 is 0.366 bits per heavy atom. The zero-order valence-corrected chi connectivity index (χ0v) is 52.8. The summed E-state index contributed by atoms with van der Waals surface area (Å²) in [5.74, 6) is 1.82. The molecule has 0 heterocycles. The van der Waals surface area contributed by atoms with Crippen LogP contribution >= 0.6 is 0 Å². The van der Waals surface area contributed by atoms with Gasteiger partial charge in [-0.1, -0.05) is 293 Å². The maximum Gasteiger partial charge on any atom is 0.522 e. The van der Waals surface area contributed by atoms with Gasteiger partial charge in [0.1, 0.15) is 11.5 Å². The molecule has 12 heteroatoms. The number of ether oxygens (including phenoxy) is 6. The topological polar surface area (TPSA) is 55.4 Å². The van der Waals surface area contributed by atoms with Crippen molar-refractivity contribution in [1.82, 2.24) is 0 Å². The second-order valence-corrected chi connectivity index (χ2v) is 15.1. The Labute approximate surface area is 493 Å². The summed E-state index contributed by atoms with van der Waals surface area (Å²) in [6.45, 7) is 24.5. The normalized spacial score (nSPS) is 8.56. The molecular weight excluding hydrogens is 1050 g/mol. The third-order valence-electron chi connectivity index (χ3n) is 8.06. The van der Waals surface area contributed by atoms with Crippen LogP contribution in [0.5, 0.6) is 11.5 Å². The van der Waals surface area contributed by atoms with Gasteiger partial charge < -0.3 is 18.9 Å². The molecule has 458 valence electrons. The zero-order chi connectivity index (χ0) is 64.1.